The Bertz CT molecular complexity index is 370. The molecule has 0 aromatic heterocycles. The second-order valence-electron chi connectivity index (χ2n) is 5.09. The van der Waals surface area contributed by atoms with Gasteiger partial charge in [-0.3, -0.25) is 0 Å². The summed E-state index contributed by atoms with van der Waals surface area (Å²) in [5.74, 6) is 0. The highest BCUT2D eigenvalue weighted by Crippen LogP contribution is 2.25. The second-order valence-corrected chi connectivity index (χ2v) is 5.53. The zero-order valence-corrected chi connectivity index (χ0v) is 11.3. The van der Waals surface area contributed by atoms with Crippen LogP contribution in [0.5, 0.6) is 0 Å². The van der Waals surface area contributed by atoms with E-state index in [-0.39, 0.29) is 0 Å². The molecule has 0 bridgehead atoms. The number of hydrogen-bond acceptors (Lipinski definition) is 3. The minimum absolute atomic E-state index is 0.600. The fourth-order valence-corrected chi connectivity index (χ4v) is 1.24. The molecule has 17 heavy (non-hydrogen) atoms. The average molecular weight is 257 g/mol. The molecule has 1 aromatic rings. The molecule has 0 amide bonds. The molecule has 0 unspecified atom stereocenters. The highest BCUT2D eigenvalue weighted by molar-refractivity contribution is 6.60. The number of halogens is 1. The van der Waals surface area contributed by atoms with E-state index in [0.29, 0.717) is 10.5 Å². The van der Waals surface area contributed by atoms with Gasteiger partial charge in [0.1, 0.15) is 0 Å². The van der Waals surface area contributed by atoms with Gasteiger partial charge in [0, 0.05) is 5.02 Å². The lowest BCUT2D eigenvalue weighted by atomic mass is 9.76. The summed E-state index contributed by atoms with van der Waals surface area (Å²) in [6.45, 7) is 6.74. The average Bonchev–Trinajstić information content (AvgIpc) is 2.16. The van der Waals surface area contributed by atoms with E-state index >= 15 is 0 Å². The molecule has 5 heteroatoms. The molecule has 0 radical (unpaired) electrons. The van der Waals surface area contributed by atoms with Gasteiger partial charge in [0.25, 0.3) is 0 Å². The van der Waals surface area contributed by atoms with Crippen molar-refractivity contribution in [3.05, 3.63) is 29.3 Å². The second kappa shape index (κ2) is 4.98. The Morgan fingerprint density at radius 2 is 1.59 bits per heavy atom. The number of rotatable bonds is 4. The van der Waals surface area contributed by atoms with Crippen molar-refractivity contribution in [2.24, 2.45) is 0 Å². The van der Waals surface area contributed by atoms with Crippen LogP contribution in [0.1, 0.15) is 27.7 Å². The van der Waals surface area contributed by atoms with Crippen LogP contribution in [-0.2, 0) is 4.65 Å². The number of hydrogen-bond donors (Lipinski definition) is 2. The van der Waals surface area contributed by atoms with Gasteiger partial charge in [-0.15, -0.1) is 0 Å². The minimum Gasteiger partial charge on any atom is -0.423 e. The molecule has 0 saturated carbocycles. The minimum atomic E-state index is -1.09. The Hall–Kier alpha value is -0.545. The van der Waals surface area contributed by atoms with E-state index in [1.165, 1.54) is 0 Å². The van der Waals surface area contributed by atoms with Crippen molar-refractivity contribution in [1.29, 1.82) is 0 Å². The Labute approximate surface area is 108 Å². The molecule has 0 aliphatic rings. The molecule has 0 fully saturated rings. The summed E-state index contributed by atoms with van der Waals surface area (Å²) in [5.41, 5.74) is -1.32. The quantitative estimate of drug-likeness (QED) is 0.805. The van der Waals surface area contributed by atoms with E-state index in [9.17, 15) is 10.1 Å². The largest absolute Gasteiger partial charge is 0.491 e. The summed E-state index contributed by atoms with van der Waals surface area (Å²) >= 11 is 5.76. The van der Waals surface area contributed by atoms with Gasteiger partial charge in [0.2, 0.25) is 0 Å². The molecular formula is C12H18BClO3. The molecule has 2 N–H and O–H groups in total. The van der Waals surface area contributed by atoms with Crippen LogP contribution in [0.2, 0.25) is 5.02 Å². The van der Waals surface area contributed by atoms with Crippen LogP contribution in [0, 0.1) is 0 Å². The standard InChI is InChI=1S/C12H18BClO3/c1-11(2,15)12(3,4)17-13(16)9-5-7-10(14)8-6-9/h5-8,15-16H,1-4H3. The molecule has 94 valence electrons. The molecule has 3 nitrogen and oxygen atoms in total. The summed E-state index contributed by atoms with van der Waals surface area (Å²) in [6.07, 6.45) is 0. The third-order valence-electron chi connectivity index (χ3n) is 3.03. The van der Waals surface area contributed by atoms with E-state index < -0.39 is 18.3 Å². The summed E-state index contributed by atoms with van der Waals surface area (Å²) in [7, 11) is -1.09. The Morgan fingerprint density at radius 3 is 2.00 bits per heavy atom. The van der Waals surface area contributed by atoms with Gasteiger partial charge in [0.05, 0.1) is 11.2 Å². The molecule has 0 atom stereocenters. The van der Waals surface area contributed by atoms with Crippen LogP contribution in [0.4, 0.5) is 0 Å². The van der Waals surface area contributed by atoms with Crippen LogP contribution >= 0.6 is 11.6 Å². The highest BCUT2D eigenvalue weighted by atomic mass is 35.5. The van der Waals surface area contributed by atoms with Crippen LogP contribution in [0.25, 0.3) is 0 Å². The summed E-state index contributed by atoms with van der Waals surface area (Å²) < 4.78 is 5.49. The van der Waals surface area contributed by atoms with Crippen molar-refractivity contribution in [1.82, 2.24) is 0 Å². The van der Waals surface area contributed by atoms with Gasteiger partial charge < -0.3 is 14.8 Å². The van der Waals surface area contributed by atoms with Gasteiger partial charge in [0.15, 0.2) is 0 Å². The van der Waals surface area contributed by atoms with Crippen molar-refractivity contribution in [2.75, 3.05) is 0 Å². The van der Waals surface area contributed by atoms with Gasteiger partial charge in [-0.1, -0.05) is 23.7 Å². The first-order chi connectivity index (χ1) is 7.63. The lowest BCUT2D eigenvalue weighted by molar-refractivity contribution is -0.0982. The highest BCUT2D eigenvalue weighted by Gasteiger charge is 2.39. The normalized spacial score (nSPS) is 12.6. The molecule has 0 aliphatic carbocycles. The monoisotopic (exact) mass is 256 g/mol. The van der Waals surface area contributed by atoms with Gasteiger partial charge in [-0.2, -0.15) is 0 Å². The van der Waals surface area contributed by atoms with Crippen molar-refractivity contribution >= 4 is 24.2 Å². The molecule has 0 heterocycles. The fourth-order valence-electron chi connectivity index (χ4n) is 1.12. The third-order valence-corrected chi connectivity index (χ3v) is 3.29. The van der Waals surface area contributed by atoms with E-state index in [0.717, 1.165) is 0 Å². The maximum atomic E-state index is 9.93. The van der Waals surface area contributed by atoms with Crippen LogP contribution in [-0.4, -0.2) is 28.5 Å². The predicted molar refractivity (Wildman–Crippen MR) is 70.5 cm³/mol. The van der Waals surface area contributed by atoms with Crippen molar-refractivity contribution in [3.8, 4) is 0 Å². The zero-order chi connectivity index (χ0) is 13.3. The summed E-state index contributed by atoms with van der Waals surface area (Å²) in [6, 6.07) is 6.74. The zero-order valence-electron chi connectivity index (χ0n) is 10.6. The molecule has 0 aliphatic heterocycles. The first kappa shape index (κ1) is 14.5. The first-order valence-corrected chi connectivity index (χ1v) is 5.85. The van der Waals surface area contributed by atoms with Crippen molar-refractivity contribution in [3.63, 3.8) is 0 Å². The number of benzene rings is 1. The van der Waals surface area contributed by atoms with E-state index in [1.807, 2.05) is 0 Å². The SMILES string of the molecule is CC(C)(O)C(C)(C)OB(O)c1ccc(Cl)cc1. The molecule has 0 saturated heterocycles. The lowest BCUT2D eigenvalue weighted by Gasteiger charge is -2.38. The Morgan fingerprint density at radius 1 is 1.12 bits per heavy atom. The maximum Gasteiger partial charge on any atom is 0.491 e. The maximum absolute atomic E-state index is 9.93. The van der Waals surface area contributed by atoms with Crippen molar-refractivity contribution in [2.45, 2.75) is 38.9 Å². The van der Waals surface area contributed by atoms with E-state index in [1.54, 1.807) is 52.0 Å². The van der Waals surface area contributed by atoms with Gasteiger partial charge in [-0.05, 0) is 45.3 Å². The topological polar surface area (TPSA) is 49.7 Å². The fraction of sp³-hybridized carbons (Fsp3) is 0.500. The summed E-state index contributed by atoms with van der Waals surface area (Å²) in [4.78, 5) is 0. The Balaban J connectivity index is 2.79. The summed E-state index contributed by atoms with van der Waals surface area (Å²) in [5, 5.41) is 20.5. The molecule has 1 aromatic carbocycles. The van der Waals surface area contributed by atoms with E-state index in [4.69, 9.17) is 16.3 Å². The smallest absolute Gasteiger partial charge is 0.423 e. The van der Waals surface area contributed by atoms with Crippen LogP contribution in [0.15, 0.2) is 24.3 Å². The molecule has 0 spiro atoms. The first-order valence-electron chi connectivity index (χ1n) is 5.47. The van der Waals surface area contributed by atoms with Crippen LogP contribution < -0.4 is 5.46 Å². The molecule has 1 rings (SSSR count). The van der Waals surface area contributed by atoms with E-state index in [2.05, 4.69) is 0 Å². The van der Waals surface area contributed by atoms with Gasteiger partial charge in [-0.25, -0.2) is 0 Å². The Kier molecular flexibility index (Phi) is 4.26. The molecular weight excluding hydrogens is 238 g/mol. The van der Waals surface area contributed by atoms with Gasteiger partial charge >= 0.3 is 7.12 Å². The van der Waals surface area contributed by atoms with Crippen molar-refractivity contribution < 1.29 is 14.8 Å². The lowest BCUT2D eigenvalue weighted by Crippen LogP contribution is -2.53. The van der Waals surface area contributed by atoms with Crippen LogP contribution in [0.3, 0.4) is 0 Å². The predicted octanol–water partition coefficient (Wildman–Crippen LogP) is 1.59. The number of aliphatic hydroxyl groups is 1. The third kappa shape index (κ3) is 3.71.